The SMILES string of the molecule is CC(O)(Cn1cc(NC(=O)CCl)cn1)C(=O)Nc1ccc(C#N)c(C(F)(F)F)c1. The Morgan fingerprint density at radius 1 is 1.31 bits per heavy atom. The van der Waals surface area contributed by atoms with Crippen LogP contribution < -0.4 is 10.6 Å². The minimum absolute atomic E-state index is 0.239. The van der Waals surface area contributed by atoms with E-state index in [0.29, 0.717) is 6.07 Å². The number of hydrogen-bond acceptors (Lipinski definition) is 5. The molecule has 154 valence electrons. The zero-order chi connectivity index (χ0) is 21.8. The molecule has 0 aliphatic carbocycles. The standard InChI is InChI=1S/C17H15ClF3N5O3/c1-16(29,9-26-8-12(7-23-26)24-14(27)5-18)15(28)25-11-3-2-10(6-22)13(4-11)17(19,20)21/h2-4,7-8,29H,5,9H2,1H3,(H,24,27)(H,25,28). The molecule has 0 saturated heterocycles. The fraction of sp³-hybridized carbons (Fsp3) is 0.294. The third kappa shape index (κ3) is 5.69. The van der Waals surface area contributed by atoms with E-state index in [1.54, 1.807) is 0 Å². The molecule has 12 heteroatoms. The number of alkyl halides is 4. The summed E-state index contributed by atoms with van der Waals surface area (Å²) in [4.78, 5) is 23.6. The van der Waals surface area contributed by atoms with Gasteiger partial charge in [-0.3, -0.25) is 14.3 Å². The van der Waals surface area contributed by atoms with Gasteiger partial charge in [-0.25, -0.2) is 0 Å². The molecule has 1 atom stereocenters. The lowest BCUT2D eigenvalue weighted by atomic mass is 10.0. The van der Waals surface area contributed by atoms with Crippen LogP contribution in [0.3, 0.4) is 0 Å². The van der Waals surface area contributed by atoms with Gasteiger partial charge in [-0.05, 0) is 25.1 Å². The summed E-state index contributed by atoms with van der Waals surface area (Å²) in [5.74, 6) is -1.73. The Morgan fingerprint density at radius 3 is 2.59 bits per heavy atom. The summed E-state index contributed by atoms with van der Waals surface area (Å²) in [6.07, 6.45) is -2.17. The molecule has 0 saturated carbocycles. The summed E-state index contributed by atoms with van der Waals surface area (Å²) in [5.41, 5.74) is -3.80. The second-order valence-electron chi connectivity index (χ2n) is 6.21. The number of hydrogen-bond donors (Lipinski definition) is 3. The van der Waals surface area contributed by atoms with Gasteiger partial charge in [-0.2, -0.15) is 23.5 Å². The highest BCUT2D eigenvalue weighted by Gasteiger charge is 2.35. The highest BCUT2D eigenvalue weighted by atomic mass is 35.5. The fourth-order valence-corrected chi connectivity index (χ4v) is 2.38. The van der Waals surface area contributed by atoms with Gasteiger partial charge < -0.3 is 15.7 Å². The quantitative estimate of drug-likeness (QED) is 0.609. The number of nitriles is 1. The number of benzene rings is 1. The van der Waals surface area contributed by atoms with E-state index in [-0.39, 0.29) is 23.8 Å². The summed E-state index contributed by atoms with van der Waals surface area (Å²) in [6.45, 7) is 0.799. The number of nitrogens with zero attached hydrogens (tertiary/aromatic N) is 3. The molecule has 2 aromatic rings. The molecule has 2 rings (SSSR count). The molecule has 3 N–H and O–H groups in total. The van der Waals surface area contributed by atoms with Gasteiger partial charge >= 0.3 is 6.18 Å². The zero-order valence-electron chi connectivity index (χ0n) is 14.9. The fourth-order valence-electron chi connectivity index (χ4n) is 2.32. The van der Waals surface area contributed by atoms with Gasteiger partial charge in [-0.1, -0.05) is 0 Å². The molecular weight excluding hydrogens is 415 g/mol. The molecule has 29 heavy (non-hydrogen) atoms. The van der Waals surface area contributed by atoms with Gasteiger partial charge in [0.05, 0.1) is 35.6 Å². The Kier molecular flexibility index (Phi) is 6.51. The lowest BCUT2D eigenvalue weighted by molar-refractivity contribution is -0.138. The van der Waals surface area contributed by atoms with Gasteiger partial charge in [0, 0.05) is 11.9 Å². The Hall–Kier alpha value is -3.10. The monoisotopic (exact) mass is 429 g/mol. The zero-order valence-corrected chi connectivity index (χ0v) is 15.7. The molecular formula is C17H15ClF3N5O3. The van der Waals surface area contributed by atoms with Crippen LogP contribution in [0.15, 0.2) is 30.6 Å². The molecule has 0 aliphatic heterocycles. The second-order valence-corrected chi connectivity index (χ2v) is 6.47. The van der Waals surface area contributed by atoms with E-state index in [2.05, 4.69) is 15.7 Å². The number of rotatable bonds is 6. The second kappa shape index (κ2) is 8.50. The van der Waals surface area contributed by atoms with Gasteiger partial charge in [0.15, 0.2) is 5.60 Å². The highest BCUT2D eigenvalue weighted by Crippen LogP contribution is 2.33. The molecule has 0 bridgehead atoms. The topological polar surface area (TPSA) is 120 Å². The van der Waals surface area contributed by atoms with Crippen molar-refractivity contribution >= 4 is 34.8 Å². The van der Waals surface area contributed by atoms with Crippen LogP contribution in [0.5, 0.6) is 0 Å². The molecule has 0 fully saturated rings. The maximum Gasteiger partial charge on any atom is 0.417 e. The van der Waals surface area contributed by atoms with Crippen LogP contribution in [0.1, 0.15) is 18.1 Å². The van der Waals surface area contributed by atoms with Crippen molar-refractivity contribution < 1.29 is 27.9 Å². The van der Waals surface area contributed by atoms with Crippen LogP contribution in [0.2, 0.25) is 0 Å². The largest absolute Gasteiger partial charge is 0.417 e. The van der Waals surface area contributed by atoms with Crippen molar-refractivity contribution in [2.45, 2.75) is 25.2 Å². The first-order valence-electron chi connectivity index (χ1n) is 7.99. The molecule has 0 aliphatic rings. The van der Waals surface area contributed by atoms with E-state index in [9.17, 15) is 27.9 Å². The van der Waals surface area contributed by atoms with Crippen LogP contribution in [-0.4, -0.2) is 38.2 Å². The van der Waals surface area contributed by atoms with Gasteiger partial charge in [0.25, 0.3) is 5.91 Å². The molecule has 8 nitrogen and oxygen atoms in total. The highest BCUT2D eigenvalue weighted by molar-refractivity contribution is 6.29. The Morgan fingerprint density at radius 2 is 2.00 bits per heavy atom. The summed E-state index contributed by atoms with van der Waals surface area (Å²) in [6, 6.07) is 4.09. The van der Waals surface area contributed by atoms with Gasteiger partial charge in [0.2, 0.25) is 5.91 Å². The van der Waals surface area contributed by atoms with Crippen molar-refractivity contribution in [1.29, 1.82) is 5.26 Å². The summed E-state index contributed by atoms with van der Waals surface area (Å²) in [7, 11) is 0. The number of anilines is 2. The number of aromatic nitrogens is 2. The van der Waals surface area contributed by atoms with E-state index >= 15 is 0 Å². The molecule has 1 unspecified atom stereocenters. The van der Waals surface area contributed by atoms with Crippen LogP contribution in [-0.2, 0) is 22.3 Å². The molecule has 1 aromatic carbocycles. The van der Waals surface area contributed by atoms with Crippen molar-refractivity contribution in [3.05, 3.63) is 41.7 Å². The minimum Gasteiger partial charge on any atom is -0.378 e. The first kappa shape index (κ1) is 22.2. The number of carbonyl (C=O) groups excluding carboxylic acids is 2. The van der Waals surface area contributed by atoms with E-state index < -0.39 is 34.7 Å². The summed E-state index contributed by atoms with van der Waals surface area (Å²) < 4.78 is 40.3. The number of nitrogens with one attached hydrogen (secondary N) is 2. The van der Waals surface area contributed by atoms with Gasteiger partial charge in [0.1, 0.15) is 5.88 Å². The molecule has 1 aromatic heterocycles. The predicted molar refractivity (Wildman–Crippen MR) is 97.0 cm³/mol. The minimum atomic E-state index is -4.78. The lowest BCUT2D eigenvalue weighted by Crippen LogP contribution is -2.43. The molecule has 0 spiro atoms. The van der Waals surface area contributed by atoms with Crippen LogP contribution in [0.25, 0.3) is 0 Å². The maximum atomic E-state index is 13.0. The van der Waals surface area contributed by atoms with E-state index in [4.69, 9.17) is 16.9 Å². The first-order chi connectivity index (χ1) is 13.5. The van der Waals surface area contributed by atoms with Crippen LogP contribution in [0, 0.1) is 11.3 Å². The van der Waals surface area contributed by atoms with E-state index in [0.717, 1.165) is 19.1 Å². The Balaban J connectivity index is 2.13. The number of amides is 2. The molecule has 0 radical (unpaired) electrons. The first-order valence-corrected chi connectivity index (χ1v) is 8.53. The van der Waals surface area contributed by atoms with Crippen LogP contribution in [0.4, 0.5) is 24.5 Å². The van der Waals surface area contributed by atoms with E-state index in [1.807, 2.05) is 0 Å². The third-order valence-electron chi connectivity index (χ3n) is 3.70. The van der Waals surface area contributed by atoms with E-state index in [1.165, 1.54) is 23.1 Å². The van der Waals surface area contributed by atoms with Crippen molar-refractivity contribution in [2.75, 3.05) is 16.5 Å². The van der Waals surface area contributed by atoms with Crippen molar-refractivity contribution in [1.82, 2.24) is 9.78 Å². The summed E-state index contributed by atoms with van der Waals surface area (Å²) in [5, 5.41) is 27.7. The number of halogens is 4. The Labute approximate surface area is 167 Å². The average molecular weight is 430 g/mol. The van der Waals surface area contributed by atoms with Crippen molar-refractivity contribution in [3.63, 3.8) is 0 Å². The van der Waals surface area contributed by atoms with Crippen LogP contribution >= 0.6 is 11.6 Å². The third-order valence-corrected chi connectivity index (χ3v) is 3.94. The average Bonchev–Trinajstić information content (AvgIpc) is 3.06. The predicted octanol–water partition coefficient (Wildman–Crippen LogP) is 2.34. The summed E-state index contributed by atoms with van der Waals surface area (Å²) >= 11 is 5.37. The smallest absolute Gasteiger partial charge is 0.378 e. The molecule has 1 heterocycles. The van der Waals surface area contributed by atoms with Gasteiger partial charge in [-0.15, -0.1) is 11.6 Å². The van der Waals surface area contributed by atoms with Crippen molar-refractivity contribution in [3.8, 4) is 6.07 Å². The number of carbonyl (C=O) groups is 2. The maximum absolute atomic E-state index is 13.0. The lowest BCUT2D eigenvalue weighted by Gasteiger charge is -2.22. The van der Waals surface area contributed by atoms with Crippen molar-refractivity contribution in [2.24, 2.45) is 0 Å². The molecule has 2 amide bonds. The number of aliphatic hydroxyl groups is 1. The Bertz CT molecular complexity index is 966. The normalized spacial score (nSPS) is 13.3.